The van der Waals surface area contributed by atoms with E-state index in [0.29, 0.717) is 29.2 Å². The molecule has 0 aliphatic carbocycles. The summed E-state index contributed by atoms with van der Waals surface area (Å²) in [5.41, 5.74) is 0.818. The second-order valence-electron chi connectivity index (χ2n) is 6.01. The SMILES string of the molecule is CCOc1ccc(O)c2nc([C@@H](O)C(C)(C)C)n(C)c12. The van der Waals surface area contributed by atoms with Gasteiger partial charge in [0.25, 0.3) is 0 Å². The molecular weight excluding hydrogens is 256 g/mol. The van der Waals surface area contributed by atoms with Crippen molar-refractivity contribution in [3.05, 3.63) is 18.0 Å². The number of aromatic nitrogens is 2. The van der Waals surface area contributed by atoms with Crippen molar-refractivity contribution in [3.63, 3.8) is 0 Å². The van der Waals surface area contributed by atoms with E-state index in [-0.39, 0.29) is 11.2 Å². The average Bonchev–Trinajstić information content (AvgIpc) is 2.70. The molecule has 0 radical (unpaired) electrons. The molecule has 0 aliphatic heterocycles. The van der Waals surface area contributed by atoms with E-state index in [1.54, 1.807) is 16.7 Å². The first-order valence-electron chi connectivity index (χ1n) is 6.76. The van der Waals surface area contributed by atoms with Crippen molar-refractivity contribution in [2.45, 2.75) is 33.8 Å². The maximum Gasteiger partial charge on any atom is 0.145 e. The number of ether oxygens (including phenoxy) is 1. The van der Waals surface area contributed by atoms with Gasteiger partial charge in [-0.2, -0.15) is 0 Å². The van der Waals surface area contributed by atoms with Gasteiger partial charge in [0.2, 0.25) is 0 Å². The Bertz CT molecular complexity index is 626. The molecule has 1 aromatic carbocycles. The van der Waals surface area contributed by atoms with Crippen LogP contribution >= 0.6 is 0 Å². The van der Waals surface area contributed by atoms with E-state index in [2.05, 4.69) is 4.98 Å². The Hall–Kier alpha value is -1.75. The zero-order valence-electron chi connectivity index (χ0n) is 12.6. The lowest BCUT2D eigenvalue weighted by Gasteiger charge is -2.25. The molecule has 0 spiro atoms. The third kappa shape index (κ3) is 2.33. The molecule has 5 heteroatoms. The number of fused-ring (bicyclic) bond motifs is 1. The number of benzene rings is 1. The zero-order valence-corrected chi connectivity index (χ0v) is 12.6. The van der Waals surface area contributed by atoms with E-state index in [1.807, 2.05) is 34.7 Å². The summed E-state index contributed by atoms with van der Waals surface area (Å²) in [6.07, 6.45) is -0.728. The maximum atomic E-state index is 10.4. The van der Waals surface area contributed by atoms with Crippen molar-refractivity contribution in [1.82, 2.24) is 9.55 Å². The lowest BCUT2D eigenvalue weighted by molar-refractivity contribution is 0.0529. The summed E-state index contributed by atoms with van der Waals surface area (Å²) >= 11 is 0. The molecule has 1 atom stereocenters. The molecule has 0 bridgehead atoms. The monoisotopic (exact) mass is 278 g/mol. The number of phenols is 1. The molecule has 0 fully saturated rings. The van der Waals surface area contributed by atoms with Crippen LogP contribution in [0.4, 0.5) is 0 Å². The van der Waals surface area contributed by atoms with E-state index >= 15 is 0 Å². The third-order valence-electron chi connectivity index (χ3n) is 3.36. The minimum atomic E-state index is -0.728. The molecule has 2 rings (SSSR count). The van der Waals surface area contributed by atoms with Crippen molar-refractivity contribution in [3.8, 4) is 11.5 Å². The van der Waals surface area contributed by atoms with E-state index in [4.69, 9.17) is 4.74 Å². The normalized spacial score (nSPS) is 13.7. The van der Waals surface area contributed by atoms with Gasteiger partial charge in [-0.3, -0.25) is 0 Å². The highest BCUT2D eigenvalue weighted by Crippen LogP contribution is 2.38. The highest BCUT2D eigenvalue weighted by molar-refractivity contribution is 5.87. The zero-order chi connectivity index (χ0) is 15.1. The number of aliphatic hydroxyl groups is 1. The third-order valence-corrected chi connectivity index (χ3v) is 3.36. The van der Waals surface area contributed by atoms with Gasteiger partial charge in [0.15, 0.2) is 0 Å². The summed E-state index contributed by atoms with van der Waals surface area (Å²) in [6, 6.07) is 3.28. The Morgan fingerprint density at radius 1 is 1.35 bits per heavy atom. The van der Waals surface area contributed by atoms with Crippen molar-refractivity contribution < 1.29 is 14.9 Å². The summed E-state index contributed by atoms with van der Waals surface area (Å²) in [7, 11) is 1.82. The first-order valence-corrected chi connectivity index (χ1v) is 6.76. The molecule has 20 heavy (non-hydrogen) atoms. The summed E-state index contributed by atoms with van der Waals surface area (Å²) in [5, 5.41) is 20.4. The number of aliphatic hydroxyl groups excluding tert-OH is 1. The molecule has 0 unspecified atom stereocenters. The van der Waals surface area contributed by atoms with E-state index in [0.717, 1.165) is 0 Å². The van der Waals surface area contributed by atoms with Crippen LogP contribution in [0.3, 0.4) is 0 Å². The number of aryl methyl sites for hydroxylation is 1. The van der Waals surface area contributed by atoms with Gasteiger partial charge < -0.3 is 19.5 Å². The number of imidazole rings is 1. The fourth-order valence-electron chi connectivity index (χ4n) is 2.19. The fraction of sp³-hybridized carbons (Fsp3) is 0.533. The summed E-state index contributed by atoms with van der Waals surface area (Å²) in [4.78, 5) is 4.40. The van der Waals surface area contributed by atoms with Gasteiger partial charge in [-0.25, -0.2) is 4.98 Å². The van der Waals surface area contributed by atoms with Crippen LogP contribution in [0.1, 0.15) is 39.6 Å². The maximum absolute atomic E-state index is 10.4. The average molecular weight is 278 g/mol. The van der Waals surface area contributed by atoms with Gasteiger partial charge in [-0.1, -0.05) is 20.8 Å². The number of aromatic hydroxyl groups is 1. The van der Waals surface area contributed by atoms with Crippen LogP contribution in [0, 0.1) is 5.41 Å². The number of nitrogens with zero attached hydrogens (tertiary/aromatic N) is 2. The van der Waals surface area contributed by atoms with E-state index < -0.39 is 6.10 Å². The number of hydrogen-bond donors (Lipinski definition) is 2. The number of phenolic OH excluding ortho intramolecular Hbond substituents is 1. The Morgan fingerprint density at radius 3 is 2.55 bits per heavy atom. The molecule has 0 saturated heterocycles. The molecule has 0 amide bonds. The minimum absolute atomic E-state index is 0.0893. The lowest BCUT2D eigenvalue weighted by atomic mass is 9.89. The Balaban J connectivity index is 2.69. The number of hydrogen-bond acceptors (Lipinski definition) is 4. The Morgan fingerprint density at radius 2 is 2.00 bits per heavy atom. The van der Waals surface area contributed by atoms with Crippen LogP contribution < -0.4 is 4.74 Å². The molecular formula is C15H22N2O3. The predicted octanol–water partition coefficient (Wildman–Crippen LogP) is 2.76. The van der Waals surface area contributed by atoms with Crippen LogP contribution in [0.15, 0.2) is 12.1 Å². The Labute approximate surface area is 118 Å². The van der Waals surface area contributed by atoms with Crippen LogP contribution in [0.25, 0.3) is 11.0 Å². The van der Waals surface area contributed by atoms with Crippen molar-refractivity contribution in [2.24, 2.45) is 12.5 Å². The molecule has 2 N–H and O–H groups in total. The lowest BCUT2D eigenvalue weighted by Crippen LogP contribution is -2.21. The number of rotatable bonds is 3. The largest absolute Gasteiger partial charge is 0.506 e. The molecule has 5 nitrogen and oxygen atoms in total. The second-order valence-corrected chi connectivity index (χ2v) is 6.01. The van der Waals surface area contributed by atoms with Crippen molar-refractivity contribution in [1.29, 1.82) is 0 Å². The van der Waals surface area contributed by atoms with Gasteiger partial charge in [0.1, 0.15) is 34.5 Å². The highest BCUT2D eigenvalue weighted by atomic mass is 16.5. The van der Waals surface area contributed by atoms with Crippen LogP contribution in [-0.4, -0.2) is 26.4 Å². The molecule has 0 aliphatic rings. The quantitative estimate of drug-likeness (QED) is 0.906. The first kappa shape index (κ1) is 14.7. The molecule has 0 saturated carbocycles. The summed E-state index contributed by atoms with van der Waals surface area (Å²) in [6.45, 7) is 8.27. The summed E-state index contributed by atoms with van der Waals surface area (Å²) < 4.78 is 7.37. The van der Waals surface area contributed by atoms with Gasteiger partial charge >= 0.3 is 0 Å². The fourth-order valence-corrected chi connectivity index (χ4v) is 2.19. The first-order chi connectivity index (χ1) is 9.27. The smallest absolute Gasteiger partial charge is 0.145 e. The molecule has 1 aromatic heterocycles. The summed E-state index contributed by atoms with van der Waals surface area (Å²) in [5.74, 6) is 1.27. The molecule has 1 heterocycles. The van der Waals surface area contributed by atoms with Crippen LogP contribution in [-0.2, 0) is 7.05 Å². The predicted molar refractivity (Wildman–Crippen MR) is 78.0 cm³/mol. The van der Waals surface area contributed by atoms with Gasteiger partial charge in [-0.15, -0.1) is 0 Å². The Kier molecular flexibility index (Phi) is 3.65. The van der Waals surface area contributed by atoms with Crippen molar-refractivity contribution in [2.75, 3.05) is 6.61 Å². The van der Waals surface area contributed by atoms with Gasteiger partial charge in [-0.05, 0) is 24.5 Å². The van der Waals surface area contributed by atoms with Gasteiger partial charge in [0, 0.05) is 7.05 Å². The van der Waals surface area contributed by atoms with Gasteiger partial charge in [0.05, 0.1) is 6.61 Å². The van der Waals surface area contributed by atoms with Crippen LogP contribution in [0.5, 0.6) is 11.5 Å². The standard InChI is InChI=1S/C15H22N2O3/c1-6-20-10-8-7-9(18)11-12(10)17(5)14(16-11)13(19)15(2,3)4/h7-8,13,18-19H,6H2,1-5H3/t13-/m1/s1. The highest BCUT2D eigenvalue weighted by Gasteiger charge is 2.29. The van der Waals surface area contributed by atoms with Crippen LogP contribution in [0.2, 0.25) is 0 Å². The van der Waals surface area contributed by atoms with E-state index in [9.17, 15) is 10.2 Å². The molecule has 110 valence electrons. The van der Waals surface area contributed by atoms with E-state index in [1.165, 1.54) is 0 Å². The molecule has 2 aromatic rings. The second kappa shape index (κ2) is 4.98. The topological polar surface area (TPSA) is 67.5 Å². The van der Waals surface area contributed by atoms with Crippen molar-refractivity contribution >= 4 is 11.0 Å². The minimum Gasteiger partial charge on any atom is -0.506 e.